The molecule has 0 aliphatic carbocycles. The Morgan fingerprint density at radius 2 is 2.15 bits per heavy atom. The number of rotatable bonds is 6. The summed E-state index contributed by atoms with van der Waals surface area (Å²) in [5.74, 6) is 0.0668. The fourth-order valence-electron chi connectivity index (χ4n) is 2.10. The van der Waals surface area contributed by atoms with Gasteiger partial charge in [-0.25, -0.2) is 0 Å². The normalized spacial score (nSPS) is 10.5. The third-order valence-electron chi connectivity index (χ3n) is 3.21. The molecule has 0 saturated heterocycles. The fourth-order valence-corrected chi connectivity index (χ4v) is 2.10. The summed E-state index contributed by atoms with van der Waals surface area (Å²) in [6.07, 6.45) is 4.89. The van der Waals surface area contributed by atoms with Crippen molar-refractivity contribution in [2.24, 2.45) is 0 Å². The third kappa shape index (κ3) is 4.19. The lowest BCUT2D eigenvalue weighted by atomic mass is 10.1. The Bertz CT molecular complexity index is 563. The van der Waals surface area contributed by atoms with Gasteiger partial charge in [-0.15, -0.1) is 0 Å². The van der Waals surface area contributed by atoms with Crippen LogP contribution < -0.4 is 5.32 Å². The van der Waals surface area contributed by atoms with Gasteiger partial charge in [0.2, 0.25) is 5.91 Å². The van der Waals surface area contributed by atoms with Crippen molar-refractivity contribution in [3.63, 3.8) is 0 Å². The van der Waals surface area contributed by atoms with E-state index in [0.717, 1.165) is 36.2 Å². The van der Waals surface area contributed by atoms with Crippen LogP contribution in [-0.4, -0.2) is 21.3 Å². The molecule has 2 N–H and O–H groups in total. The molecule has 106 valence electrons. The highest BCUT2D eigenvalue weighted by Gasteiger charge is 2.05. The number of benzene rings is 1. The standard InChI is InChI=1S/C15H20N4O/c1-11-7-8-14(12(2)9-11)17-15(20)6-4-3-5-13-10-16-19-18-13/h7-10H,3-6H2,1-2H3,(H,17,20)(H,16,18,19). The van der Waals surface area contributed by atoms with Crippen molar-refractivity contribution in [1.82, 2.24) is 15.4 Å². The lowest BCUT2D eigenvalue weighted by molar-refractivity contribution is -0.116. The highest BCUT2D eigenvalue weighted by Crippen LogP contribution is 2.16. The van der Waals surface area contributed by atoms with Crippen LogP contribution in [0.3, 0.4) is 0 Å². The molecule has 0 saturated carbocycles. The van der Waals surface area contributed by atoms with Gasteiger partial charge in [-0.1, -0.05) is 17.7 Å². The average molecular weight is 272 g/mol. The van der Waals surface area contributed by atoms with Gasteiger partial charge in [0.05, 0.1) is 11.9 Å². The van der Waals surface area contributed by atoms with Crippen molar-refractivity contribution >= 4 is 11.6 Å². The molecule has 0 aliphatic heterocycles. The predicted molar refractivity (Wildman–Crippen MR) is 78.5 cm³/mol. The Morgan fingerprint density at radius 1 is 1.30 bits per heavy atom. The fraction of sp³-hybridized carbons (Fsp3) is 0.400. The molecule has 0 spiro atoms. The number of aryl methyl sites for hydroxylation is 3. The quantitative estimate of drug-likeness (QED) is 0.794. The van der Waals surface area contributed by atoms with Gasteiger partial charge in [-0.3, -0.25) is 4.79 Å². The molecule has 1 aromatic carbocycles. The zero-order valence-electron chi connectivity index (χ0n) is 11.9. The van der Waals surface area contributed by atoms with Crippen LogP contribution in [0.25, 0.3) is 0 Å². The lowest BCUT2D eigenvalue weighted by Gasteiger charge is -2.08. The number of H-pyrrole nitrogens is 1. The zero-order valence-corrected chi connectivity index (χ0v) is 11.9. The first-order chi connectivity index (χ1) is 9.65. The summed E-state index contributed by atoms with van der Waals surface area (Å²) >= 11 is 0. The molecule has 5 heteroatoms. The van der Waals surface area contributed by atoms with Gasteiger partial charge in [0.15, 0.2) is 0 Å². The van der Waals surface area contributed by atoms with E-state index >= 15 is 0 Å². The minimum absolute atomic E-state index is 0.0668. The van der Waals surface area contributed by atoms with Crippen LogP contribution in [0.5, 0.6) is 0 Å². The Hall–Kier alpha value is -2.17. The summed E-state index contributed by atoms with van der Waals surface area (Å²) < 4.78 is 0. The van der Waals surface area contributed by atoms with E-state index in [-0.39, 0.29) is 5.91 Å². The number of nitrogens with zero attached hydrogens (tertiary/aromatic N) is 2. The summed E-state index contributed by atoms with van der Waals surface area (Å²) in [4.78, 5) is 11.9. The van der Waals surface area contributed by atoms with Gasteiger partial charge in [0.1, 0.15) is 0 Å². The number of hydrogen-bond donors (Lipinski definition) is 2. The summed E-state index contributed by atoms with van der Waals surface area (Å²) in [5, 5.41) is 13.3. The first kappa shape index (κ1) is 14.2. The predicted octanol–water partition coefficient (Wildman–Crippen LogP) is 2.77. The van der Waals surface area contributed by atoms with Gasteiger partial charge >= 0.3 is 0 Å². The second-order valence-electron chi connectivity index (χ2n) is 5.03. The number of hydrogen-bond acceptors (Lipinski definition) is 3. The average Bonchev–Trinajstić information content (AvgIpc) is 2.91. The van der Waals surface area contributed by atoms with Gasteiger partial charge in [0, 0.05) is 12.1 Å². The maximum Gasteiger partial charge on any atom is 0.224 e. The number of aromatic nitrogens is 3. The molecule has 20 heavy (non-hydrogen) atoms. The van der Waals surface area contributed by atoms with Crippen molar-refractivity contribution in [2.75, 3.05) is 5.32 Å². The van der Waals surface area contributed by atoms with E-state index in [2.05, 4.69) is 26.8 Å². The molecular weight excluding hydrogens is 252 g/mol. The highest BCUT2D eigenvalue weighted by atomic mass is 16.1. The largest absolute Gasteiger partial charge is 0.326 e. The molecule has 0 atom stereocenters. The van der Waals surface area contributed by atoms with E-state index in [0.29, 0.717) is 6.42 Å². The molecule has 1 aromatic heterocycles. The van der Waals surface area contributed by atoms with Crippen molar-refractivity contribution < 1.29 is 4.79 Å². The minimum Gasteiger partial charge on any atom is -0.326 e. The van der Waals surface area contributed by atoms with Gasteiger partial charge in [-0.2, -0.15) is 15.4 Å². The molecule has 0 radical (unpaired) electrons. The van der Waals surface area contributed by atoms with Crippen molar-refractivity contribution in [3.8, 4) is 0 Å². The van der Waals surface area contributed by atoms with E-state index in [9.17, 15) is 4.79 Å². The van der Waals surface area contributed by atoms with Crippen LogP contribution >= 0.6 is 0 Å². The highest BCUT2D eigenvalue weighted by molar-refractivity contribution is 5.91. The summed E-state index contributed by atoms with van der Waals surface area (Å²) in [6, 6.07) is 6.03. The van der Waals surface area contributed by atoms with Crippen LogP contribution in [0.15, 0.2) is 24.4 Å². The summed E-state index contributed by atoms with van der Waals surface area (Å²) in [6.45, 7) is 4.05. The molecule has 0 fully saturated rings. The van der Waals surface area contributed by atoms with Crippen LogP contribution in [-0.2, 0) is 11.2 Å². The third-order valence-corrected chi connectivity index (χ3v) is 3.21. The van der Waals surface area contributed by atoms with Crippen molar-refractivity contribution in [3.05, 3.63) is 41.2 Å². The molecular formula is C15H20N4O. The monoisotopic (exact) mass is 272 g/mol. The second kappa shape index (κ2) is 6.84. The van der Waals surface area contributed by atoms with E-state index in [1.165, 1.54) is 5.56 Å². The van der Waals surface area contributed by atoms with E-state index in [4.69, 9.17) is 0 Å². The number of carbonyl (C=O) groups is 1. The Balaban J connectivity index is 1.72. The maximum absolute atomic E-state index is 11.9. The van der Waals surface area contributed by atoms with Crippen LogP contribution in [0.2, 0.25) is 0 Å². The first-order valence-electron chi connectivity index (χ1n) is 6.87. The molecule has 0 bridgehead atoms. The number of nitrogens with one attached hydrogen (secondary N) is 2. The number of unbranched alkanes of at least 4 members (excludes halogenated alkanes) is 1. The second-order valence-corrected chi connectivity index (χ2v) is 5.03. The number of carbonyl (C=O) groups excluding carboxylic acids is 1. The SMILES string of the molecule is Cc1ccc(NC(=O)CCCCc2cn[nH]n2)c(C)c1. The lowest BCUT2D eigenvalue weighted by Crippen LogP contribution is -2.12. The molecule has 0 unspecified atom stereocenters. The molecule has 1 heterocycles. The number of amides is 1. The van der Waals surface area contributed by atoms with Crippen LogP contribution in [0.1, 0.15) is 36.1 Å². The molecule has 1 amide bonds. The molecule has 2 aromatic rings. The van der Waals surface area contributed by atoms with E-state index in [1.54, 1.807) is 6.20 Å². The Labute approximate surface area is 118 Å². The molecule has 2 rings (SSSR count). The topological polar surface area (TPSA) is 70.7 Å². The smallest absolute Gasteiger partial charge is 0.224 e. The summed E-state index contributed by atoms with van der Waals surface area (Å²) in [5.41, 5.74) is 4.14. The maximum atomic E-state index is 11.9. The van der Waals surface area contributed by atoms with Crippen molar-refractivity contribution in [2.45, 2.75) is 39.5 Å². The number of aromatic amines is 1. The van der Waals surface area contributed by atoms with Crippen LogP contribution in [0, 0.1) is 13.8 Å². The Morgan fingerprint density at radius 3 is 2.85 bits per heavy atom. The van der Waals surface area contributed by atoms with E-state index < -0.39 is 0 Å². The minimum atomic E-state index is 0.0668. The summed E-state index contributed by atoms with van der Waals surface area (Å²) in [7, 11) is 0. The van der Waals surface area contributed by atoms with Crippen LogP contribution in [0.4, 0.5) is 5.69 Å². The van der Waals surface area contributed by atoms with Gasteiger partial charge in [-0.05, 0) is 44.7 Å². The molecule has 5 nitrogen and oxygen atoms in total. The first-order valence-corrected chi connectivity index (χ1v) is 6.87. The van der Waals surface area contributed by atoms with Crippen molar-refractivity contribution in [1.29, 1.82) is 0 Å². The van der Waals surface area contributed by atoms with E-state index in [1.807, 2.05) is 26.0 Å². The molecule has 0 aliphatic rings. The van der Waals surface area contributed by atoms with Gasteiger partial charge in [0.25, 0.3) is 0 Å². The Kier molecular flexibility index (Phi) is 4.87. The number of anilines is 1. The van der Waals surface area contributed by atoms with Gasteiger partial charge < -0.3 is 5.32 Å². The zero-order chi connectivity index (χ0) is 14.4.